The molecule has 0 aliphatic heterocycles. The van der Waals surface area contributed by atoms with E-state index in [9.17, 15) is 19.2 Å². The van der Waals surface area contributed by atoms with Crippen LogP contribution in [-0.2, 0) is 19.1 Å². The second-order valence-corrected chi connectivity index (χ2v) is 11.5. The van der Waals surface area contributed by atoms with E-state index in [1.807, 2.05) is 0 Å². The van der Waals surface area contributed by atoms with Crippen molar-refractivity contribution in [3.63, 3.8) is 0 Å². The maximum absolute atomic E-state index is 14.3. The number of amides is 4. The number of primary amides is 1. The Kier molecular flexibility index (Phi) is 10.9. The van der Waals surface area contributed by atoms with Crippen LogP contribution in [0.1, 0.15) is 71.6 Å². The smallest absolute Gasteiger partial charge is 0.408 e. The van der Waals surface area contributed by atoms with Gasteiger partial charge >= 0.3 is 6.09 Å². The molecule has 0 aliphatic carbocycles. The number of benzene rings is 2. The molecule has 0 bridgehead atoms. The van der Waals surface area contributed by atoms with Crippen LogP contribution in [0.2, 0.25) is 0 Å². The third-order valence-electron chi connectivity index (χ3n) is 5.89. The molecule has 10 heteroatoms. The summed E-state index contributed by atoms with van der Waals surface area (Å²) in [5.41, 5.74) is 5.19. The largest absolute Gasteiger partial charge is 0.497 e. The van der Waals surface area contributed by atoms with Gasteiger partial charge in [-0.2, -0.15) is 0 Å². The lowest BCUT2D eigenvalue weighted by atomic mass is 9.94. The van der Waals surface area contributed by atoms with Crippen LogP contribution in [-0.4, -0.2) is 53.0 Å². The zero-order valence-corrected chi connectivity index (χ0v) is 24.7. The molecule has 0 spiro atoms. The minimum atomic E-state index is -1.21. The first-order chi connectivity index (χ1) is 19.1. The van der Waals surface area contributed by atoms with E-state index in [-0.39, 0.29) is 12.8 Å². The first-order valence-electron chi connectivity index (χ1n) is 13.2. The number of nitrogens with two attached hydrogens (primary N) is 1. The van der Waals surface area contributed by atoms with E-state index < -0.39 is 47.0 Å². The molecule has 4 amide bonds. The molecule has 2 atom stereocenters. The number of anilines is 1. The molecule has 2 aromatic carbocycles. The molecule has 0 fully saturated rings. The topological polar surface area (TPSA) is 140 Å². The first kappa shape index (κ1) is 32.7. The van der Waals surface area contributed by atoms with Crippen molar-refractivity contribution in [3.05, 3.63) is 59.7 Å². The molecule has 0 heterocycles. The zero-order valence-electron chi connectivity index (χ0n) is 24.7. The monoisotopic (exact) mass is 564 g/mol. The van der Waals surface area contributed by atoms with E-state index in [1.54, 1.807) is 90.1 Å². The first-order valence-corrected chi connectivity index (χ1v) is 13.2. The SMILES string of the molecule is C#Cc1ccc(C(C(=O)Nc2ccc(OC)cc2)N(C(=O)C(CCC(N)=O)NC(=O)OC(C)(C)C)C(C)(C)C)cc1. The van der Waals surface area contributed by atoms with E-state index in [2.05, 4.69) is 16.6 Å². The number of ether oxygens (including phenoxy) is 2. The van der Waals surface area contributed by atoms with Gasteiger partial charge in [-0.05, 0) is 89.9 Å². The number of hydrogen-bond acceptors (Lipinski definition) is 6. The number of methoxy groups -OCH3 is 1. The highest BCUT2D eigenvalue weighted by atomic mass is 16.6. The summed E-state index contributed by atoms with van der Waals surface area (Å²) in [6.45, 7) is 10.4. The summed E-state index contributed by atoms with van der Waals surface area (Å²) in [6, 6.07) is 11.1. The standard InChI is InChI=1S/C31H40N4O6/c1-9-20-10-12-21(13-11-20)26(27(37)33-22-14-16-23(40-8)17-15-22)35(30(2,3)4)28(38)24(18-19-25(32)36)34-29(39)41-31(5,6)7/h1,10-17,24,26H,18-19H2,2-8H3,(H2,32,36)(H,33,37)(H,34,39). The minimum Gasteiger partial charge on any atom is -0.497 e. The number of terminal acetylenes is 1. The Labute approximate surface area is 241 Å². The van der Waals surface area contributed by atoms with Gasteiger partial charge in [-0.25, -0.2) is 4.79 Å². The average Bonchev–Trinajstić information content (AvgIpc) is 2.87. The van der Waals surface area contributed by atoms with Crippen LogP contribution in [0.3, 0.4) is 0 Å². The van der Waals surface area contributed by atoms with Gasteiger partial charge in [0, 0.05) is 23.2 Å². The van der Waals surface area contributed by atoms with Crippen LogP contribution in [0.25, 0.3) is 0 Å². The third kappa shape index (κ3) is 9.87. The van der Waals surface area contributed by atoms with Gasteiger partial charge in [0.05, 0.1) is 7.11 Å². The van der Waals surface area contributed by atoms with E-state index in [4.69, 9.17) is 21.6 Å². The molecule has 220 valence electrons. The van der Waals surface area contributed by atoms with Gasteiger partial charge < -0.3 is 30.7 Å². The number of hydrogen-bond donors (Lipinski definition) is 3. The van der Waals surface area contributed by atoms with Crippen molar-refractivity contribution in [2.75, 3.05) is 12.4 Å². The fourth-order valence-corrected chi connectivity index (χ4v) is 4.07. The maximum atomic E-state index is 14.3. The summed E-state index contributed by atoms with van der Waals surface area (Å²) in [4.78, 5) is 53.9. The second kappa shape index (κ2) is 13.7. The second-order valence-electron chi connectivity index (χ2n) is 11.5. The summed E-state index contributed by atoms with van der Waals surface area (Å²) in [5.74, 6) is 1.41. The Bertz CT molecular complexity index is 1270. The normalized spacial score (nSPS) is 12.7. The summed E-state index contributed by atoms with van der Waals surface area (Å²) < 4.78 is 10.6. The summed E-state index contributed by atoms with van der Waals surface area (Å²) in [7, 11) is 1.54. The van der Waals surface area contributed by atoms with Crippen molar-refractivity contribution in [1.82, 2.24) is 10.2 Å². The zero-order chi connectivity index (χ0) is 31.0. The molecule has 2 unspecified atom stereocenters. The van der Waals surface area contributed by atoms with Gasteiger partial charge in [0.1, 0.15) is 23.4 Å². The van der Waals surface area contributed by atoms with Crippen LogP contribution in [0, 0.1) is 12.3 Å². The Morgan fingerprint density at radius 2 is 1.56 bits per heavy atom. The van der Waals surface area contributed by atoms with Crippen molar-refractivity contribution in [1.29, 1.82) is 0 Å². The van der Waals surface area contributed by atoms with Crippen LogP contribution < -0.4 is 21.1 Å². The molecule has 0 radical (unpaired) electrons. The van der Waals surface area contributed by atoms with Gasteiger partial charge in [-0.3, -0.25) is 14.4 Å². The Balaban J connectivity index is 2.59. The highest BCUT2D eigenvalue weighted by Crippen LogP contribution is 2.32. The number of carbonyl (C=O) groups excluding carboxylic acids is 4. The maximum Gasteiger partial charge on any atom is 0.408 e. The van der Waals surface area contributed by atoms with Crippen molar-refractivity contribution >= 4 is 29.5 Å². The Morgan fingerprint density at radius 1 is 0.976 bits per heavy atom. The number of nitrogens with one attached hydrogen (secondary N) is 2. The van der Waals surface area contributed by atoms with Crippen molar-refractivity contribution < 1.29 is 28.7 Å². The Morgan fingerprint density at radius 3 is 2.02 bits per heavy atom. The predicted molar refractivity (Wildman–Crippen MR) is 157 cm³/mol. The van der Waals surface area contributed by atoms with Gasteiger partial charge in [-0.1, -0.05) is 18.1 Å². The lowest BCUT2D eigenvalue weighted by Gasteiger charge is -2.43. The molecule has 2 aromatic rings. The van der Waals surface area contributed by atoms with E-state index in [0.717, 1.165) is 0 Å². The number of carbonyl (C=O) groups is 4. The van der Waals surface area contributed by atoms with Crippen molar-refractivity contribution in [3.8, 4) is 18.1 Å². The number of nitrogens with zero attached hydrogens (tertiary/aromatic N) is 1. The van der Waals surface area contributed by atoms with Crippen LogP contribution in [0.4, 0.5) is 10.5 Å². The molecule has 2 rings (SSSR count). The molecule has 10 nitrogen and oxygen atoms in total. The summed E-state index contributed by atoms with van der Waals surface area (Å²) in [6.07, 6.45) is 4.42. The average molecular weight is 565 g/mol. The summed E-state index contributed by atoms with van der Waals surface area (Å²) in [5, 5.41) is 5.45. The molecule has 0 saturated heterocycles. The van der Waals surface area contributed by atoms with E-state index >= 15 is 0 Å². The quantitative estimate of drug-likeness (QED) is 0.371. The highest BCUT2D eigenvalue weighted by molar-refractivity contribution is 5.99. The molecule has 0 saturated carbocycles. The highest BCUT2D eigenvalue weighted by Gasteiger charge is 2.42. The fraction of sp³-hybridized carbons (Fsp3) is 0.419. The molecule has 4 N–H and O–H groups in total. The molecule has 0 aromatic heterocycles. The van der Waals surface area contributed by atoms with Crippen LogP contribution in [0.15, 0.2) is 48.5 Å². The van der Waals surface area contributed by atoms with Crippen LogP contribution >= 0.6 is 0 Å². The van der Waals surface area contributed by atoms with Crippen molar-refractivity contribution in [2.24, 2.45) is 5.73 Å². The predicted octanol–water partition coefficient (Wildman–Crippen LogP) is 4.14. The molecular formula is C31H40N4O6. The molecule has 0 aliphatic rings. The third-order valence-corrected chi connectivity index (χ3v) is 5.89. The van der Waals surface area contributed by atoms with E-state index in [1.165, 1.54) is 12.0 Å². The van der Waals surface area contributed by atoms with Gasteiger partial charge in [0.15, 0.2) is 0 Å². The lowest BCUT2D eigenvalue weighted by molar-refractivity contribution is -0.147. The van der Waals surface area contributed by atoms with Gasteiger partial charge in [-0.15, -0.1) is 6.42 Å². The van der Waals surface area contributed by atoms with Crippen LogP contribution in [0.5, 0.6) is 5.75 Å². The fourth-order valence-electron chi connectivity index (χ4n) is 4.07. The lowest BCUT2D eigenvalue weighted by Crippen LogP contribution is -2.58. The van der Waals surface area contributed by atoms with Gasteiger partial charge in [0.25, 0.3) is 5.91 Å². The summed E-state index contributed by atoms with van der Waals surface area (Å²) >= 11 is 0. The number of rotatable bonds is 10. The van der Waals surface area contributed by atoms with Crippen molar-refractivity contribution in [2.45, 2.75) is 77.6 Å². The molecular weight excluding hydrogens is 524 g/mol. The minimum absolute atomic E-state index is 0.0944. The van der Waals surface area contributed by atoms with E-state index in [0.29, 0.717) is 22.6 Å². The van der Waals surface area contributed by atoms with Gasteiger partial charge in [0.2, 0.25) is 11.8 Å². The molecule has 41 heavy (non-hydrogen) atoms. The Hall–Kier alpha value is -4.52. The number of alkyl carbamates (subject to hydrolysis) is 1.